The lowest BCUT2D eigenvalue weighted by Gasteiger charge is -1.88. The molecule has 1 nitrogen and oxygen atoms in total. The molecule has 0 spiro atoms. The van der Waals surface area contributed by atoms with Gasteiger partial charge in [-0.1, -0.05) is 36.5 Å². The van der Waals surface area contributed by atoms with E-state index in [0.717, 1.165) is 0 Å². The van der Waals surface area contributed by atoms with Crippen molar-refractivity contribution in [3.8, 4) is 0 Å². The summed E-state index contributed by atoms with van der Waals surface area (Å²) in [5.74, 6) is -0.153. The van der Waals surface area contributed by atoms with Crippen LogP contribution in [0.25, 0.3) is 0 Å². The number of rotatable bonds is 1. The van der Waals surface area contributed by atoms with Crippen molar-refractivity contribution in [2.45, 2.75) is 0 Å². The summed E-state index contributed by atoms with van der Waals surface area (Å²) < 4.78 is 0. The highest BCUT2D eigenvalue weighted by Crippen LogP contribution is 2.00. The second-order valence-electron chi connectivity index (χ2n) is 1.80. The fourth-order valence-corrected chi connectivity index (χ4v) is 0.639. The predicted molar refractivity (Wildman–Crippen MR) is 36.6 cm³/mol. The zero-order chi connectivity index (χ0) is 6.53. The summed E-state index contributed by atoms with van der Waals surface area (Å²) in [5, 5.41) is 0. The van der Waals surface area contributed by atoms with E-state index in [1.165, 1.54) is 0 Å². The summed E-state index contributed by atoms with van der Waals surface area (Å²) in [6, 6.07) is 0. The molecule has 1 aliphatic rings. The monoisotopic (exact) mass is 119 g/mol. The van der Waals surface area contributed by atoms with Crippen LogP contribution in [0.15, 0.2) is 36.5 Å². The molecule has 0 unspecified atom stereocenters. The van der Waals surface area contributed by atoms with Gasteiger partial charge in [0.05, 0.1) is 5.92 Å². The average molecular weight is 119 g/mol. The zero-order valence-electron chi connectivity index (χ0n) is 4.95. The third kappa shape index (κ3) is 1.68. The first-order valence-corrected chi connectivity index (χ1v) is 2.83. The van der Waals surface area contributed by atoms with Crippen molar-refractivity contribution in [1.29, 1.82) is 0 Å². The summed E-state index contributed by atoms with van der Waals surface area (Å²) in [6.45, 7) is 0. The standard InChI is InChI=1S/C8H7O/c9-7-8-5-3-1-2-4-6-8/h1-6,8H. The van der Waals surface area contributed by atoms with Gasteiger partial charge in [0.25, 0.3) is 0 Å². The molecule has 45 valence electrons. The topological polar surface area (TPSA) is 17.1 Å². The molecule has 1 rings (SSSR count). The molecule has 1 radical (unpaired) electrons. The Balaban J connectivity index is 2.69. The maximum Gasteiger partial charge on any atom is 0.209 e. The molecule has 0 bridgehead atoms. The first-order chi connectivity index (χ1) is 4.43. The van der Waals surface area contributed by atoms with Crippen LogP contribution in [0.5, 0.6) is 0 Å². The van der Waals surface area contributed by atoms with Crippen molar-refractivity contribution >= 4 is 6.29 Å². The fraction of sp³-hybridized carbons (Fsp3) is 0.125. The molecular weight excluding hydrogens is 112 g/mol. The summed E-state index contributed by atoms with van der Waals surface area (Å²) in [5.41, 5.74) is 0. The SMILES string of the molecule is O=[C]C1C=CC=CC=C1. The van der Waals surface area contributed by atoms with Gasteiger partial charge in [-0.2, -0.15) is 0 Å². The Morgan fingerprint density at radius 2 is 1.56 bits per heavy atom. The van der Waals surface area contributed by atoms with Gasteiger partial charge in [-0.25, -0.2) is 0 Å². The second-order valence-corrected chi connectivity index (χ2v) is 1.80. The molecule has 9 heavy (non-hydrogen) atoms. The highest BCUT2D eigenvalue weighted by molar-refractivity contribution is 5.61. The number of allylic oxidation sites excluding steroid dienone is 6. The minimum absolute atomic E-state index is 0.153. The molecule has 0 aromatic carbocycles. The van der Waals surface area contributed by atoms with Crippen LogP contribution in [0.1, 0.15) is 0 Å². The van der Waals surface area contributed by atoms with Crippen molar-refractivity contribution < 1.29 is 4.79 Å². The molecule has 0 atom stereocenters. The molecule has 0 amide bonds. The maximum absolute atomic E-state index is 10.1. The van der Waals surface area contributed by atoms with E-state index in [1.54, 1.807) is 12.2 Å². The molecule has 0 aromatic heterocycles. The van der Waals surface area contributed by atoms with Gasteiger partial charge in [0.2, 0.25) is 6.29 Å². The summed E-state index contributed by atoms with van der Waals surface area (Å²) in [4.78, 5) is 10.1. The molecule has 0 aromatic rings. The molecule has 0 fully saturated rings. The Kier molecular flexibility index (Phi) is 2.02. The molecular formula is C8H7O. The lowest BCUT2D eigenvalue weighted by Crippen LogP contribution is -1.89. The Hall–Kier alpha value is -1.11. The van der Waals surface area contributed by atoms with E-state index < -0.39 is 0 Å². The van der Waals surface area contributed by atoms with Gasteiger partial charge >= 0.3 is 0 Å². The smallest absolute Gasteiger partial charge is 0.209 e. The summed E-state index contributed by atoms with van der Waals surface area (Å²) in [7, 11) is 0. The van der Waals surface area contributed by atoms with E-state index >= 15 is 0 Å². The van der Waals surface area contributed by atoms with E-state index in [9.17, 15) is 4.79 Å². The van der Waals surface area contributed by atoms with Crippen LogP contribution in [0.4, 0.5) is 0 Å². The van der Waals surface area contributed by atoms with Crippen LogP contribution in [0.3, 0.4) is 0 Å². The first kappa shape index (κ1) is 6.02. The third-order valence-electron chi connectivity index (χ3n) is 1.11. The van der Waals surface area contributed by atoms with Crippen LogP contribution in [0, 0.1) is 5.92 Å². The third-order valence-corrected chi connectivity index (χ3v) is 1.11. The van der Waals surface area contributed by atoms with Crippen LogP contribution in [-0.4, -0.2) is 6.29 Å². The molecule has 0 saturated carbocycles. The van der Waals surface area contributed by atoms with Crippen LogP contribution < -0.4 is 0 Å². The second kappa shape index (κ2) is 3.02. The molecule has 0 N–H and O–H groups in total. The van der Waals surface area contributed by atoms with E-state index in [4.69, 9.17) is 0 Å². The molecule has 1 aliphatic carbocycles. The van der Waals surface area contributed by atoms with E-state index in [1.807, 2.05) is 30.6 Å². The predicted octanol–water partition coefficient (Wildman–Crippen LogP) is 1.39. The van der Waals surface area contributed by atoms with Crippen molar-refractivity contribution in [3.05, 3.63) is 36.5 Å². The molecule has 1 heteroatoms. The highest BCUT2D eigenvalue weighted by Gasteiger charge is 1.96. The zero-order valence-corrected chi connectivity index (χ0v) is 4.95. The quantitative estimate of drug-likeness (QED) is 0.509. The minimum Gasteiger partial charge on any atom is -0.290 e. The normalized spacial score (nSPS) is 17.8. The van der Waals surface area contributed by atoms with E-state index in [2.05, 4.69) is 0 Å². The number of carbonyl (C=O) groups excluding carboxylic acids is 1. The van der Waals surface area contributed by atoms with Gasteiger partial charge in [0.1, 0.15) is 0 Å². The largest absolute Gasteiger partial charge is 0.290 e. The lowest BCUT2D eigenvalue weighted by molar-refractivity contribution is 0.548. The maximum atomic E-state index is 10.1. The van der Waals surface area contributed by atoms with Crippen LogP contribution in [0.2, 0.25) is 0 Å². The van der Waals surface area contributed by atoms with Crippen molar-refractivity contribution in [2.24, 2.45) is 5.92 Å². The van der Waals surface area contributed by atoms with Gasteiger partial charge in [-0.15, -0.1) is 0 Å². The van der Waals surface area contributed by atoms with Crippen molar-refractivity contribution in [3.63, 3.8) is 0 Å². The van der Waals surface area contributed by atoms with Crippen LogP contribution >= 0.6 is 0 Å². The highest BCUT2D eigenvalue weighted by atomic mass is 16.1. The van der Waals surface area contributed by atoms with Gasteiger partial charge in [-0.05, 0) is 0 Å². The Morgan fingerprint density at radius 3 is 2.00 bits per heavy atom. The minimum atomic E-state index is -0.153. The summed E-state index contributed by atoms with van der Waals surface area (Å²) in [6.07, 6.45) is 12.9. The number of hydrogen-bond acceptors (Lipinski definition) is 1. The Bertz CT molecular complexity index is 159. The van der Waals surface area contributed by atoms with Gasteiger partial charge < -0.3 is 0 Å². The van der Waals surface area contributed by atoms with E-state index in [0.29, 0.717) is 0 Å². The molecule has 0 aliphatic heterocycles. The fourth-order valence-electron chi connectivity index (χ4n) is 0.639. The summed E-state index contributed by atoms with van der Waals surface area (Å²) >= 11 is 0. The first-order valence-electron chi connectivity index (χ1n) is 2.83. The van der Waals surface area contributed by atoms with E-state index in [-0.39, 0.29) is 5.92 Å². The Labute approximate surface area is 54.4 Å². The van der Waals surface area contributed by atoms with Crippen molar-refractivity contribution in [2.75, 3.05) is 0 Å². The molecule has 0 heterocycles. The molecule has 0 saturated heterocycles. The Morgan fingerprint density at radius 1 is 1.00 bits per heavy atom. The van der Waals surface area contributed by atoms with Crippen molar-refractivity contribution in [1.82, 2.24) is 0 Å². The van der Waals surface area contributed by atoms with Gasteiger partial charge in [-0.3, -0.25) is 4.79 Å². The van der Waals surface area contributed by atoms with Gasteiger partial charge in [0, 0.05) is 0 Å². The van der Waals surface area contributed by atoms with Gasteiger partial charge in [0.15, 0.2) is 0 Å². The van der Waals surface area contributed by atoms with Crippen LogP contribution in [-0.2, 0) is 4.79 Å². The average Bonchev–Trinajstić information content (AvgIpc) is 2.13. The number of hydrogen-bond donors (Lipinski definition) is 0. The lowest BCUT2D eigenvalue weighted by atomic mass is 10.1.